The number of nitrogens with zero attached hydrogens (tertiary/aromatic N) is 2. The fraction of sp³-hybridized carbons (Fsp3) is 0.118. The molecule has 3 rings (SSSR count). The molecule has 0 atom stereocenters. The molecule has 6 heteroatoms. The van der Waals surface area contributed by atoms with Gasteiger partial charge in [0.05, 0.1) is 5.56 Å². The van der Waals surface area contributed by atoms with Crippen molar-refractivity contribution in [1.82, 2.24) is 10.1 Å². The van der Waals surface area contributed by atoms with Crippen molar-refractivity contribution in [3.63, 3.8) is 0 Å². The molecule has 0 radical (unpaired) electrons. The van der Waals surface area contributed by atoms with E-state index in [9.17, 15) is 4.79 Å². The van der Waals surface area contributed by atoms with Gasteiger partial charge in [0, 0.05) is 6.42 Å². The zero-order valence-electron chi connectivity index (χ0n) is 12.3. The number of carbonyl (C=O) groups excluding carboxylic acids is 1. The number of carbonyl (C=O) groups is 1. The summed E-state index contributed by atoms with van der Waals surface area (Å²) in [4.78, 5) is 15.6. The number of rotatable bonds is 6. The van der Waals surface area contributed by atoms with Crippen LogP contribution in [0, 0.1) is 0 Å². The first-order valence-corrected chi connectivity index (χ1v) is 7.09. The molecule has 0 spiro atoms. The minimum absolute atomic E-state index is 0.0755. The van der Waals surface area contributed by atoms with E-state index in [0.29, 0.717) is 29.4 Å². The molecule has 1 heterocycles. The number of hydrogen-bond acceptors (Lipinski definition) is 5. The van der Waals surface area contributed by atoms with Crippen molar-refractivity contribution in [1.29, 1.82) is 0 Å². The van der Waals surface area contributed by atoms with E-state index in [1.54, 1.807) is 24.3 Å². The maximum Gasteiger partial charge on any atom is 0.264 e. The molecule has 0 saturated carbocycles. The number of benzene rings is 2. The summed E-state index contributed by atoms with van der Waals surface area (Å²) in [5.41, 5.74) is 6.72. The Morgan fingerprint density at radius 3 is 2.61 bits per heavy atom. The van der Waals surface area contributed by atoms with E-state index in [1.165, 1.54) is 0 Å². The molecule has 0 unspecified atom stereocenters. The van der Waals surface area contributed by atoms with Crippen LogP contribution in [0.4, 0.5) is 0 Å². The molecule has 6 nitrogen and oxygen atoms in total. The van der Waals surface area contributed by atoms with E-state index in [-0.39, 0.29) is 6.61 Å². The van der Waals surface area contributed by atoms with Crippen LogP contribution in [0.5, 0.6) is 5.75 Å². The second kappa shape index (κ2) is 6.74. The molecule has 23 heavy (non-hydrogen) atoms. The summed E-state index contributed by atoms with van der Waals surface area (Å²) in [6.07, 6.45) is 0.586. The van der Waals surface area contributed by atoms with Crippen LogP contribution in [-0.4, -0.2) is 16.0 Å². The molecule has 116 valence electrons. The Balaban J connectivity index is 1.65. The van der Waals surface area contributed by atoms with Crippen LogP contribution in [-0.2, 0) is 13.0 Å². The Labute approximate surface area is 132 Å². The third kappa shape index (κ3) is 3.74. The fourth-order valence-corrected chi connectivity index (χ4v) is 2.13. The summed E-state index contributed by atoms with van der Waals surface area (Å²) in [6, 6.07) is 16.6. The minimum atomic E-state index is -0.545. The molecule has 3 aromatic rings. The highest BCUT2D eigenvalue weighted by Crippen LogP contribution is 2.18. The number of nitrogens with two attached hydrogens (primary N) is 1. The molecular weight excluding hydrogens is 294 g/mol. The number of para-hydroxylation sites is 1. The van der Waals surface area contributed by atoms with Crippen molar-refractivity contribution in [2.24, 2.45) is 5.73 Å². The lowest BCUT2D eigenvalue weighted by atomic mass is 10.1. The van der Waals surface area contributed by atoms with Crippen molar-refractivity contribution >= 4 is 5.91 Å². The third-order valence-corrected chi connectivity index (χ3v) is 3.22. The van der Waals surface area contributed by atoms with Gasteiger partial charge in [-0.3, -0.25) is 4.79 Å². The van der Waals surface area contributed by atoms with Gasteiger partial charge in [-0.05, 0) is 17.7 Å². The molecule has 0 bridgehead atoms. The lowest BCUT2D eigenvalue weighted by molar-refractivity contribution is 0.0995. The van der Waals surface area contributed by atoms with Crippen LogP contribution >= 0.6 is 0 Å². The number of ether oxygens (including phenoxy) is 1. The highest BCUT2D eigenvalue weighted by atomic mass is 16.5. The molecule has 2 N–H and O–H groups in total. The van der Waals surface area contributed by atoms with Gasteiger partial charge in [0.15, 0.2) is 12.4 Å². The van der Waals surface area contributed by atoms with Crippen LogP contribution in [0.3, 0.4) is 0 Å². The van der Waals surface area contributed by atoms with Gasteiger partial charge >= 0.3 is 0 Å². The zero-order chi connectivity index (χ0) is 16.1. The topological polar surface area (TPSA) is 91.2 Å². The number of primary amides is 1. The standard InChI is InChI=1S/C17H15N3O3/c18-17(21)13-8-4-5-9-14(13)22-11-16-19-15(20-23-16)10-12-6-2-1-3-7-12/h1-9H,10-11H2,(H2,18,21). The van der Waals surface area contributed by atoms with Gasteiger partial charge < -0.3 is 15.0 Å². The average molecular weight is 309 g/mol. The maximum atomic E-state index is 11.3. The van der Waals surface area contributed by atoms with Crippen molar-refractivity contribution in [2.75, 3.05) is 0 Å². The van der Waals surface area contributed by atoms with Gasteiger partial charge in [-0.2, -0.15) is 4.98 Å². The maximum absolute atomic E-state index is 11.3. The Kier molecular flexibility index (Phi) is 4.33. The largest absolute Gasteiger partial charge is 0.483 e. The van der Waals surface area contributed by atoms with Gasteiger partial charge in [-0.1, -0.05) is 47.6 Å². The van der Waals surface area contributed by atoms with Gasteiger partial charge in [0.1, 0.15) is 5.75 Å². The van der Waals surface area contributed by atoms with Gasteiger partial charge in [-0.25, -0.2) is 0 Å². The van der Waals surface area contributed by atoms with Crippen molar-refractivity contribution < 1.29 is 14.1 Å². The Morgan fingerprint density at radius 1 is 1.09 bits per heavy atom. The van der Waals surface area contributed by atoms with Crippen molar-refractivity contribution in [2.45, 2.75) is 13.0 Å². The van der Waals surface area contributed by atoms with Crippen LogP contribution in [0.25, 0.3) is 0 Å². The minimum Gasteiger partial charge on any atom is -0.483 e. The average Bonchev–Trinajstić information content (AvgIpc) is 3.01. The van der Waals surface area contributed by atoms with Crippen molar-refractivity contribution in [3.8, 4) is 5.75 Å². The summed E-state index contributed by atoms with van der Waals surface area (Å²) in [7, 11) is 0. The van der Waals surface area contributed by atoms with Crippen LogP contribution in [0.1, 0.15) is 27.6 Å². The fourth-order valence-electron chi connectivity index (χ4n) is 2.13. The summed E-state index contributed by atoms with van der Waals surface area (Å²) in [5, 5.41) is 3.92. The predicted octanol–water partition coefficient (Wildman–Crippen LogP) is 2.34. The SMILES string of the molecule is NC(=O)c1ccccc1OCc1nc(Cc2ccccc2)no1. The first-order chi connectivity index (χ1) is 11.2. The predicted molar refractivity (Wildman–Crippen MR) is 82.8 cm³/mol. The summed E-state index contributed by atoms with van der Waals surface area (Å²) < 4.78 is 10.7. The monoisotopic (exact) mass is 309 g/mol. The molecule has 1 aromatic heterocycles. The molecular formula is C17H15N3O3. The smallest absolute Gasteiger partial charge is 0.264 e. The first kappa shape index (κ1) is 14.8. The molecule has 2 aromatic carbocycles. The van der Waals surface area contributed by atoms with E-state index < -0.39 is 5.91 Å². The molecule has 0 saturated heterocycles. The molecule has 0 aliphatic carbocycles. The quantitative estimate of drug-likeness (QED) is 0.754. The van der Waals surface area contributed by atoms with E-state index >= 15 is 0 Å². The van der Waals surface area contributed by atoms with E-state index in [4.69, 9.17) is 15.0 Å². The second-order valence-corrected chi connectivity index (χ2v) is 4.92. The normalized spacial score (nSPS) is 10.4. The summed E-state index contributed by atoms with van der Waals surface area (Å²) in [5.74, 6) is 0.770. The first-order valence-electron chi connectivity index (χ1n) is 7.09. The van der Waals surface area contributed by atoms with Crippen LogP contribution in [0.15, 0.2) is 59.1 Å². The highest BCUT2D eigenvalue weighted by Gasteiger charge is 2.11. The molecule has 0 aliphatic heterocycles. The Bertz CT molecular complexity index is 800. The third-order valence-electron chi connectivity index (χ3n) is 3.22. The van der Waals surface area contributed by atoms with E-state index in [2.05, 4.69) is 10.1 Å². The van der Waals surface area contributed by atoms with Gasteiger partial charge in [0.2, 0.25) is 0 Å². The molecule has 0 aliphatic rings. The van der Waals surface area contributed by atoms with Crippen molar-refractivity contribution in [3.05, 3.63) is 77.4 Å². The number of aromatic nitrogens is 2. The lowest BCUT2D eigenvalue weighted by Crippen LogP contribution is -2.12. The van der Waals surface area contributed by atoms with Gasteiger partial charge in [-0.15, -0.1) is 0 Å². The lowest BCUT2D eigenvalue weighted by Gasteiger charge is -2.06. The van der Waals surface area contributed by atoms with E-state index in [0.717, 1.165) is 5.56 Å². The zero-order valence-corrected chi connectivity index (χ0v) is 12.3. The highest BCUT2D eigenvalue weighted by molar-refractivity contribution is 5.95. The van der Waals surface area contributed by atoms with Gasteiger partial charge in [0.25, 0.3) is 11.8 Å². The molecule has 1 amide bonds. The Morgan fingerprint density at radius 2 is 1.83 bits per heavy atom. The van der Waals surface area contributed by atoms with Crippen LogP contribution < -0.4 is 10.5 Å². The Hall–Kier alpha value is -3.15. The summed E-state index contributed by atoms with van der Waals surface area (Å²) >= 11 is 0. The molecule has 0 fully saturated rings. The number of amides is 1. The number of hydrogen-bond donors (Lipinski definition) is 1. The van der Waals surface area contributed by atoms with E-state index in [1.807, 2.05) is 30.3 Å². The second-order valence-electron chi connectivity index (χ2n) is 4.92. The van der Waals surface area contributed by atoms with Crippen LogP contribution in [0.2, 0.25) is 0 Å². The summed E-state index contributed by atoms with van der Waals surface area (Å²) in [6.45, 7) is 0.0755.